The number of nitrogens with two attached hydrogens (primary N) is 1. The van der Waals surface area contributed by atoms with E-state index in [-0.39, 0.29) is 24.8 Å². The first-order valence-corrected chi connectivity index (χ1v) is 5.74. The van der Waals surface area contributed by atoms with Gasteiger partial charge >= 0.3 is 0 Å². The van der Waals surface area contributed by atoms with Crippen LogP contribution in [0.3, 0.4) is 0 Å². The van der Waals surface area contributed by atoms with Gasteiger partial charge in [-0.25, -0.2) is 0 Å². The van der Waals surface area contributed by atoms with Crippen LogP contribution in [0.1, 0.15) is 19.4 Å². The summed E-state index contributed by atoms with van der Waals surface area (Å²) in [7, 11) is 0. The molecule has 0 heterocycles. The fraction of sp³-hybridized carbons (Fsp3) is 0.500. The highest BCUT2D eigenvalue weighted by Gasteiger charge is 2.14. The maximum absolute atomic E-state index is 10.6. The Morgan fingerprint density at radius 1 is 1.50 bits per heavy atom. The third-order valence-electron chi connectivity index (χ3n) is 2.65. The van der Waals surface area contributed by atoms with Crippen molar-refractivity contribution in [2.45, 2.75) is 26.5 Å². The molecule has 6 nitrogen and oxygen atoms in total. The number of aliphatic hydroxyl groups is 1. The minimum Gasteiger partial charge on any atom is -0.491 e. The maximum Gasteiger partial charge on any atom is 0.270 e. The van der Waals surface area contributed by atoms with E-state index in [4.69, 9.17) is 10.5 Å². The lowest BCUT2D eigenvalue weighted by molar-refractivity contribution is -0.384. The Bertz CT molecular complexity index is 421. The molecule has 3 N–H and O–H groups in total. The second-order valence-electron chi connectivity index (χ2n) is 4.38. The third-order valence-corrected chi connectivity index (χ3v) is 2.65. The summed E-state index contributed by atoms with van der Waals surface area (Å²) in [5, 5.41) is 20.2. The van der Waals surface area contributed by atoms with E-state index < -0.39 is 11.0 Å². The molecule has 1 aromatic carbocycles. The standard InChI is InChI=1S/C12H18N2O4/c1-8(2)11(15)7-18-12-4-3-10(14(16)17)5-9(12)6-13/h3-5,8,11,15H,6-7,13H2,1-2H3. The van der Waals surface area contributed by atoms with Crippen molar-refractivity contribution in [1.29, 1.82) is 0 Å². The summed E-state index contributed by atoms with van der Waals surface area (Å²) < 4.78 is 5.43. The van der Waals surface area contributed by atoms with Gasteiger partial charge in [0.1, 0.15) is 12.4 Å². The Morgan fingerprint density at radius 3 is 2.67 bits per heavy atom. The number of hydrogen-bond donors (Lipinski definition) is 2. The third kappa shape index (κ3) is 3.68. The predicted molar refractivity (Wildman–Crippen MR) is 67.3 cm³/mol. The van der Waals surface area contributed by atoms with Crippen LogP contribution in [0.4, 0.5) is 5.69 Å². The van der Waals surface area contributed by atoms with Gasteiger partial charge in [0.25, 0.3) is 5.69 Å². The number of nitro groups is 1. The summed E-state index contributed by atoms with van der Waals surface area (Å²) >= 11 is 0. The van der Waals surface area contributed by atoms with Crippen LogP contribution in [0, 0.1) is 16.0 Å². The lowest BCUT2D eigenvalue weighted by Gasteiger charge is -2.16. The van der Waals surface area contributed by atoms with Gasteiger partial charge in [-0.1, -0.05) is 13.8 Å². The zero-order valence-corrected chi connectivity index (χ0v) is 10.5. The summed E-state index contributed by atoms with van der Waals surface area (Å²) in [6.45, 7) is 4.05. The number of rotatable bonds is 6. The number of nitrogens with zero attached hydrogens (tertiary/aromatic N) is 1. The van der Waals surface area contributed by atoms with Crippen molar-refractivity contribution in [2.24, 2.45) is 11.7 Å². The van der Waals surface area contributed by atoms with E-state index >= 15 is 0 Å². The molecule has 1 aromatic rings. The Balaban J connectivity index is 2.80. The van der Waals surface area contributed by atoms with Crippen molar-refractivity contribution in [2.75, 3.05) is 6.61 Å². The predicted octanol–water partition coefficient (Wildman–Crippen LogP) is 1.45. The molecule has 0 aromatic heterocycles. The van der Waals surface area contributed by atoms with Crippen LogP contribution in [-0.2, 0) is 6.54 Å². The summed E-state index contributed by atoms with van der Waals surface area (Å²) in [4.78, 5) is 10.1. The zero-order valence-electron chi connectivity index (χ0n) is 10.5. The lowest BCUT2D eigenvalue weighted by Crippen LogP contribution is -2.23. The van der Waals surface area contributed by atoms with Crippen molar-refractivity contribution < 1.29 is 14.8 Å². The van der Waals surface area contributed by atoms with Gasteiger partial charge in [0, 0.05) is 24.2 Å². The molecule has 0 aliphatic carbocycles. The summed E-state index contributed by atoms with van der Waals surface area (Å²) in [6, 6.07) is 4.25. The van der Waals surface area contributed by atoms with Crippen LogP contribution in [-0.4, -0.2) is 22.7 Å². The first kappa shape index (κ1) is 14.4. The molecule has 0 aliphatic rings. The second-order valence-corrected chi connectivity index (χ2v) is 4.38. The molecule has 0 radical (unpaired) electrons. The minimum absolute atomic E-state index is 0.0211. The van der Waals surface area contributed by atoms with E-state index in [2.05, 4.69) is 0 Å². The van der Waals surface area contributed by atoms with Crippen molar-refractivity contribution in [3.05, 3.63) is 33.9 Å². The van der Waals surface area contributed by atoms with Crippen molar-refractivity contribution in [3.8, 4) is 5.75 Å². The molecule has 0 aliphatic heterocycles. The molecule has 0 saturated carbocycles. The maximum atomic E-state index is 10.6. The fourth-order valence-electron chi connectivity index (χ4n) is 1.35. The van der Waals surface area contributed by atoms with Crippen molar-refractivity contribution in [1.82, 2.24) is 0 Å². The number of benzene rings is 1. The highest BCUT2D eigenvalue weighted by molar-refractivity contribution is 5.43. The molecular weight excluding hydrogens is 236 g/mol. The van der Waals surface area contributed by atoms with Crippen LogP contribution in [0.25, 0.3) is 0 Å². The number of hydrogen-bond acceptors (Lipinski definition) is 5. The van der Waals surface area contributed by atoms with Crippen LogP contribution in [0.2, 0.25) is 0 Å². The number of nitro benzene ring substituents is 1. The van der Waals surface area contributed by atoms with E-state index in [1.165, 1.54) is 18.2 Å². The van der Waals surface area contributed by atoms with Crippen molar-refractivity contribution >= 4 is 5.69 Å². The van der Waals surface area contributed by atoms with E-state index in [0.29, 0.717) is 11.3 Å². The van der Waals surface area contributed by atoms with Crippen LogP contribution in [0.15, 0.2) is 18.2 Å². The Kier molecular flexibility index (Phi) is 5.06. The van der Waals surface area contributed by atoms with Crippen LogP contribution >= 0.6 is 0 Å². The van der Waals surface area contributed by atoms with Crippen LogP contribution in [0.5, 0.6) is 5.75 Å². The molecule has 0 spiro atoms. The molecule has 0 saturated heterocycles. The Morgan fingerprint density at radius 2 is 2.17 bits per heavy atom. The van der Waals surface area contributed by atoms with Gasteiger partial charge in [-0.15, -0.1) is 0 Å². The molecular formula is C12H18N2O4. The van der Waals surface area contributed by atoms with Gasteiger partial charge in [0.15, 0.2) is 0 Å². The average Bonchev–Trinajstić information content (AvgIpc) is 2.35. The first-order valence-electron chi connectivity index (χ1n) is 5.74. The first-order chi connectivity index (χ1) is 8.45. The van der Waals surface area contributed by atoms with E-state index in [0.717, 1.165) is 0 Å². The van der Waals surface area contributed by atoms with E-state index in [9.17, 15) is 15.2 Å². The number of non-ortho nitro benzene ring substituents is 1. The molecule has 0 bridgehead atoms. The van der Waals surface area contributed by atoms with E-state index in [1.54, 1.807) is 0 Å². The molecule has 18 heavy (non-hydrogen) atoms. The highest BCUT2D eigenvalue weighted by atomic mass is 16.6. The fourth-order valence-corrected chi connectivity index (χ4v) is 1.35. The summed E-state index contributed by atoms with van der Waals surface area (Å²) in [5.74, 6) is 0.562. The van der Waals surface area contributed by atoms with Gasteiger partial charge in [-0.2, -0.15) is 0 Å². The average molecular weight is 254 g/mol. The topological polar surface area (TPSA) is 98.6 Å². The van der Waals surface area contributed by atoms with Gasteiger partial charge in [-0.05, 0) is 12.0 Å². The SMILES string of the molecule is CC(C)C(O)COc1ccc([N+](=O)[O-])cc1CN. The smallest absolute Gasteiger partial charge is 0.270 e. The second kappa shape index (κ2) is 6.32. The lowest BCUT2D eigenvalue weighted by atomic mass is 10.1. The molecule has 6 heteroatoms. The van der Waals surface area contributed by atoms with Crippen molar-refractivity contribution in [3.63, 3.8) is 0 Å². The normalized spacial score (nSPS) is 12.5. The quantitative estimate of drug-likeness (QED) is 0.591. The zero-order chi connectivity index (χ0) is 13.7. The van der Waals surface area contributed by atoms with Gasteiger partial charge in [0.2, 0.25) is 0 Å². The molecule has 1 atom stereocenters. The van der Waals surface area contributed by atoms with E-state index in [1.807, 2.05) is 13.8 Å². The Hall–Kier alpha value is -1.66. The largest absolute Gasteiger partial charge is 0.491 e. The summed E-state index contributed by atoms with van der Waals surface area (Å²) in [6.07, 6.45) is -0.578. The van der Waals surface area contributed by atoms with Gasteiger partial charge < -0.3 is 15.6 Å². The van der Waals surface area contributed by atoms with Gasteiger partial charge in [-0.3, -0.25) is 10.1 Å². The Labute approximate surface area is 106 Å². The molecule has 0 amide bonds. The molecule has 1 rings (SSSR count). The number of ether oxygens (including phenoxy) is 1. The minimum atomic E-state index is -0.578. The molecule has 1 unspecified atom stereocenters. The molecule has 0 fully saturated rings. The monoisotopic (exact) mass is 254 g/mol. The molecule has 100 valence electrons. The number of aliphatic hydroxyl groups excluding tert-OH is 1. The summed E-state index contributed by atoms with van der Waals surface area (Å²) in [5.41, 5.74) is 6.06. The van der Waals surface area contributed by atoms with Gasteiger partial charge in [0.05, 0.1) is 11.0 Å². The highest BCUT2D eigenvalue weighted by Crippen LogP contribution is 2.24. The van der Waals surface area contributed by atoms with Crippen LogP contribution < -0.4 is 10.5 Å².